The fourth-order valence-corrected chi connectivity index (χ4v) is 3.53. The van der Waals surface area contributed by atoms with Crippen molar-refractivity contribution in [2.45, 2.75) is 72.4 Å². The predicted molar refractivity (Wildman–Crippen MR) is 120 cm³/mol. The molecule has 9 heteroatoms. The first-order valence-electron chi connectivity index (χ1n) is 11.2. The lowest BCUT2D eigenvalue weighted by Crippen LogP contribution is -2.40. The van der Waals surface area contributed by atoms with E-state index in [2.05, 4.69) is 18.9 Å². The van der Waals surface area contributed by atoms with Crippen LogP contribution in [0.25, 0.3) is 5.69 Å². The largest absolute Gasteiger partial charge is 0.461 e. The van der Waals surface area contributed by atoms with E-state index < -0.39 is 24.0 Å². The number of ether oxygens (including phenoxy) is 3. The molecule has 2 heterocycles. The molecule has 1 unspecified atom stereocenters. The molecule has 1 aromatic carbocycles. The fourth-order valence-electron chi connectivity index (χ4n) is 3.53. The molecule has 1 aliphatic heterocycles. The van der Waals surface area contributed by atoms with Crippen LogP contribution in [0.5, 0.6) is 5.88 Å². The van der Waals surface area contributed by atoms with Gasteiger partial charge >= 0.3 is 18.4 Å². The van der Waals surface area contributed by atoms with E-state index >= 15 is 0 Å². The first-order chi connectivity index (χ1) is 15.5. The number of carbonyl (C=O) groups excluding carboxylic acids is 2. The SMILES string of the molecule is CCOC(=O)C(F)Oc1nn(-c2ccc(C(C)C)cc2)c2c1CN(C(=O)OC(C)(C)C)CC2. The minimum Gasteiger partial charge on any atom is -0.461 e. The molecule has 1 aromatic heterocycles. The van der Waals surface area contributed by atoms with Crippen LogP contribution in [0.3, 0.4) is 0 Å². The topological polar surface area (TPSA) is 82.9 Å². The summed E-state index contributed by atoms with van der Waals surface area (Å²) in [5, 5.41) is 4.46. The highest BCUT2D eigenvalue weighted by atomic mass is 19.1. The van der Waals surface area contributed by atoms with Gasteiger partial charge in [0.2, 0.25) is 5.88 Å². The number of hydrogen-bond acceptors (Lipinski definition) is 6. The normalized spacial score (nSPS) is 14.6. The van der Waals surface area contributed by atoms with E-state index in [9.17, 15) is 14.0 Å². The number of alkyl halides is 1. The molecule has 0 saturated heterocycles. The monoisotopic (exact) mass is 461 g/mol. The molecule has 0 spiro atoms. The number of rotatable bonds is 6. The molecule has 0 bridgehead atoms. The van der Waals surface area contributed by atoms with Gasteiger partial charge in [0.25, 0.3) is 0 Å². The highest BCUT2D eigenvalue weighted by Gasteiger charge is 2.33. The lowest BCUT2D eigenvalue weighted by atomic mass is 10.0. The molecule has 1 amide bonds. The zero-order valence-electron chi connectivity index (χ0n) is 20.1. The minimum atomic E-state index is -2.32. The van der Waals surface area contributed by atoms with Gasteiger partial charge in [-0.1, -0.05) is 26.0 Å². The molecule has 1 atom stereocenters. The van der Waals surface area contributed by atoms with Gasteiger partial charge in [-0.2, -0.15) is 4.39 Å². The van der Waals surface area contributed by atoms with Crippen molar-refractivity contribution in [2.24, 2.45) is 0 Å². The molecule has 1 aliphatic rings. The third-order valence-corrected chi connectivity index (χ3v) is 5.16. The Kier molecular flexibility index (Phi) is 7.29. The third kappa shape index (κ3) is 5.83. The number of fused-ring (bicyclic) bond motifs is 1. The van der Waals surface area contributed by atoms with Crippen LogP contribution in [0, 0.1) is 0 Å². The number of carbonyl (C=O) groups is 2. The number of hydrogen-bond donors (Lipinski definition) is 0. The van der Waals surface area contributed by atoms with E-state index in [1.54, 1.807) is 32.4 Å². The zero-order chi connectivity index (χ0) is 24.3. The smallest absolute Gasteiger partial charge is 0.410 e. The first-order valence-corrected chi connectivity index (χ1v) is 11.2. The average molecular weight is 462 g/mol. The first kappa shape index (κ1) is 24.5. The summed E-state index contributed by atoms with van der Waals surface area (Å²) < 4.78 is 31.6. The number of benzene rings is 1. The molecule has 0 fully saturated rings. The Morgan fingerprint density at radius 2 is 1.85 bits per heavy atom. The van der Waals surface area contributed by atoms with Gasteiger partial charge in [-0.3, -0.25) is 0 Å². The van der Waals surface area contributed by atoms with Crippen LogP contribution in [-0.4, -0.2) is 51.9 Å². The maximum Gasteiger partial charge on any atom is 0.410 e. The van der Waals surface area contributed by atoms with Crippen LogP contribution < -0.4 is 4.74 Å². The van der Waals surface area contributed by atoms with Crippen LogP contribution in [0.4, 0.5) is 9.18 Å². The summed E-state index contributed by atoms with van der Waals surface area (Å²) in [6.07, 6.45) is -2.33. The average Bonchev–Trinajstić information content (AvgIpc) is 3.10. The van der Waals surface area contributed by atoms with Gasteiger partial charge in [0.15, 0.2) is 0 Å². The lowest BCUT2D eigenvalue weighted by molar-refractivity contribution is -0.160. The lowest BCUT2D eigenvalue weighted by Gasteiger charge is -2.30. The molecular formula is C24H32FN3O5. The molecule has 8 nitrogen and oxygen atoms in total. The molecule has 0 saturated carbocycles. The van der Waals surface area contributed by atoms with Crippen molar-refractivity contribution in [2.75, 3.05) is 13.2 Å². The van der Waals surface area contributed by atoms with Crippen molar-refractivity contribution in [3.63, 3.8) is 0 Å². The summed E-state index contributed by atoms with van der Waals surface area (Å²) in [5.41, 5.74) is 2.64. The number of halogens is 1. The van der Waals surface area contributed by atoms with Gasteiger partial charge in [-0.05, 0) is 51.3 Å². The van der Waals surface area contributed by atoms with Gasteiger partial charge in [0, 0.05) is 13.0 Å². The van der Waals surface area contributed by atoms with Crippen molar-refractivity contribution >= 4 is 12.1 Å². The Labute approximate surface area is 193 Å². The predicted octanol–water partition coefficient (Wildman–Crippen LogP) is 4.53. The Morgan fingerprint density at radius 3 is 2.42 bits per heavy atom. The number of aromatic nitrogens is 2. The van der Waals surface area contributed by atoms with Gasteiger partial charge in [0.1, 0.15) is 5.60 Å². The molecule has 33 heavy (non-hydrogen) atoms. The van der Waals surface area contributed by atoms with Gasteiger partial charge in [0.05, 0.1) is 30.1 Å². The highest BCUT2D eigenvalue weighted by molar-refractivity contribution is 5.73. The van der Waals surface area contributed by atoms with Gasteiger partial charge < -0.3 is 19.1 Å². The van der Waals surface area contributed by atoms with E-state index in [4.69, 9.17) is 14.2 Å². The van der Waals surface area contributed by atoms with E-state index in [1.165, 1.54) is 10.5 Å². The molecule has 3 rings (SSSR count). The minimum absolute atomic E-state index is 0.0315. The van der Waals surface area contributed by atoms with Crippen molar-refractivity contribution in [1.29, 1.82) is 0 Å². The standard InChI is InChI=1S/C24H32FN3O5/c1-7-31-22(29)20(25)32-21-18-14-27(23(30)33-24(4,5)6)13-12-19(18)28(26-21)17-10-8-16(9-11-17)15(2)3/h8-11,15,20H,7,12-14H2,1-6H3. The van der Waals surface area contributed by atoms with E-state index in [1.807, 2.05) is 24.3 Å². The van der Waals surface area contributed by atoms with Crippen LogP contribution in [0.15, 0.2) is 24.3 Å². The van der Waals surface area contributed by atoms with Crippen molar-refractivity contribution in [1.82, 2.24) is 14.7 Å². The maximum absolute atomic E-state index is 14.4. The molecule has 2 aromatic rings. The molecular weight excluding hydrogens is 429 g/mol. The molecule has 0 radical (unpaired) electrons. The second kappa shape index (κ2) is 9.80. The number of amides is 1. The second-order valence-corrected chi connectivity index (χ2v) is 9.23. The zero-order valence-corrected chi connectivity index (χ0v) is 20.1. The quantitative estimate of drug-likeness (QED) is 0.588. The van der Waals surface area contributed by atoms with Crippen molar-refractivity contribution in [3.8, 4) is 11.6 Å². The fraction of sp³-hybridized carbons (Fsp3) is 0.542. The van der Waals surface area contributed by atoms with Crippen LogP contribution in [0.1, 0.15) is 64.3 Å². The summed E-state index contributed by atoms with van der Waals surface area (Å²) in [4.78, 5) is 25.9. The number of nitrogens with zero attached hydrogens (tertiary/aromatic N) is 3. The number of esters is 1. The Morgan fingerprint density at radius 1 is 1.18 bits per heavy atom. The van der Waals surface area contributed by atoms with Gasteiger partial charge in [-0.15, -0.1) is 5.10 Å². The summed E-state index contributed by atoms with van der Waals surface area (Å²) in [5.74, 6) is -0.794. The molecule has 0 N–H and O–H groups in total. The summed E-state index contributed by atoms with van der Waals surface area (Å²) in [7, 11) is 0. The second-order valence-electron chi connectivity index (χ2n) is 9.23. The summed E-state index contributed by atoms with van der Waals surface area (Å²) in [6.45, 7) is 11.7. The van der Waals surface area contributed by atoms with E-state index in [0.29, 0.717) is 24.4 Å². The van der Waals surface area contributed by atoms with Crippen LogP contribution in [0.2, 0.25) is 0 Å². The van der Waals surface area contributed by atoms with E-state index in [-0.39, 0.29) is 19.0 Å². The summed E-state index contributed by atoms with van der Waals surface area (Å²) >= 11 is 0. The maximum atomic E-state index is 14.4. The Balaban J connectivity index is 1.95. The molecule has 0 aliphatic carbocycles. The highest BCUT2D eigenvalue weighted by Crippen LogP contribution is 2.32. The molecule has 180 valence electrons. The third-order valence-electron chi connectivity index (χ3n) is 5.16. The summed E-state index contributed by atoms with van der Waals surface area (Å²) in [6, 6.07) is 7.90. The van der Waals surface area contributed by atoms with Crippen LogP contribution in [-0.2, 0) is 27.2 Å². The van der Waals surface area contributed by atoms with Gasteiger partial charge in [-0.25, -0.2) is 14.3 Å². The van der Waals surface area contributed by atoms with E-state index in [0.717, 1.165) is 11.4 Å². The van der Waals surface area contributed by atoms with Crippen molar-refractivity contribution < 1.29 is 28.2 Å². The Hall–Kier alpha value is -3.10. The Bertz CT molecular complexity index is 995. The van der Waals surface area contributed by atoms with Crippen LogP contribution >= 0.6 is 0 Å². The van der Waals surface area contributed by atoms with Crippen molar-refractivity contribution in [3.05, 3.63) is 41.1 Å².